The molecule has 15 heavy (non-hydrogen) atoms. The Kier molecular flexibility index (Phi) is 2.83. The molecule has 80 valence electrons. The van der Waals surface area contributed by atoms with Gasteiger partial charge in [0.2, 0.25) is 5.91 Å². The average molecular weight is 215 g/mol. The lowest BCUT2D eigenvalue weighted by atomic mass is 10.0. The van der Waals surface area contributed by atoms with Gasteiger partial charge < -0.3 is 5.73 Å². The summed E-state index contributed by atoms with van der Waals surface area (Å²) in [5.41, 5.74) is 3.34. The molecule has 0 saturated heterocycles. The van der Waals surface area contributed by atoms with E-state index in [4.69, 9.17) is 5.73 Å². The van der Waals surface area contributed by atoms with Crippen molar-refractivity contribution >= 4 is 11.5 Å². The fourth-order valence-corrected chi connectivity index (χ4v) is 1.13. The predicted molar refractivity (Wildman–Crippen MR) is 49.7 cm³/mol. The Labute approximate surface area is 84.2 Å². The van der Waals surface area contributed by atoms with Crippen LogP contribution in [0.15, 0.2) is 30.8 Å². The third kappa shape index (κ3) is 2.37. The molecule has 1 aromatic rings. The van der Waals surface area contributed by atoms with Crippen LogP contribution in [0.3, 0.4) is 0 Å². The van der Waals surface area contributed by atoms with E-state index in [9.17, 15) is 18.0 Å². The number of halogens is 3. The first kappa shape index (κ1) is 11.3. The van der Waals surface area contributed by atoms with E-state index in [0.29, 0.717) is 0 Å². The van der Waals surface area contributed by atoms with Crippen molar-refractivity contribution in [1.29, 1.82) is 0 Å². The molecule has 1 rings (SSSR count). The van der Waals surface area contributed by atoms with Gasteiger partial charge in [-0.25, -0.2) is 0 Å². The van der Waals surface area contributed by atoms with Crippen LogP contribution in [0.25, 0.3) is 5.57 Å². The summed E-state index contributed by atoms with van der Waals surface area (Å²) in [6, 6.07) is 4.67. The zero-order valence-corrected chi connectivity index (χ0v) is 7.64. The Hall–Kier alpha value is -1.78. The normalized spacial score (nSPS) is 11.1. The van der Waals surface area contributed by atoms with E-state index < -0.39 is 17.6 Å². The van der Waals surface area contributed by atoms with Gasteiger partial charge in [-0.3, -0.25) is 4.79 Å². The van der Waals surface area contributed by atoms with Crippen LogP contribution in [0.4, 0.5) is 13.2 Å². The van der Waals surface area contributed by atoms with E-state index in [-0.39, 0.29) is 11.1 Å². The zero-order chi connectivity index (χ0) is 11.6. The molecule has 0 radical (unpaired) electrons. The number of hydrogen-bond acceptors (Lipinski definition) is 1. The maximum atomic E-state index is 12.5. The smallest absolute Gasteiger partial charge is 0.366 e. The van der Waals surface area contributed by atoms with Crippen LogP contribution in [0, 0.1) is 0 Å². The second kappa shape index (κ2) is 3.76. The van der Waals surface area contributed by atoms with Crippen molar-refractivity contribution < 1.29 is 18.0 Å². The SMILES string of the molecule is C=C(C(N)=O)c1ccccc1C(F)(F)F. The summed E-state index contributed by atoms with van der Waals surface area (Å²) >= 11 is 0. The third-order valence-corrected chi connectivity index (χ3v) is 1.86. The van der Waals surface area contributed by atoms with E-state index in [1.54, 1.807) is 0 Å². The Morgan fingerprint density at radius 2 is 1.80 bits per heavy atom. The molecule has 0 saturated carbocycles. The van der Waals surface area contributed by atoms with Crippen molar-refractivity contribution in [3.63, 3.8) is 0 Å². The first-order valence-corrected chi connectivity index (χ1v) is 3.99. The highest BCUT2D eigenvalue weighted by molar-refractivity contribution is 6.18. The number of amides is 1. The maximum absolute atomic E-state index is 12.5. The lowest BCUT2D eigenvalue weighted by Gasteiger charge is -2.12. The van der Waals surface area contributed by atoms with E-state index in [0.717, 1.165) is 12.1 Å². The molecule has 1 amide bonds. The first-order valence-electron chi connectivity index (χ1n) is 3.99. The number of alkyl halides is 3. The van der Waals surface area contributed by atoms with E-state index >= 15 is 0 Å². The number of hydrogen-bond donors (Lipinski definition) is 1. The number of primary amides is 1. The third-order valence-electron chi connectivity index (χ3n) is 1.86. The van der Waals surface area contributed by atoms with Gasteiger partial charge in [-0.1, -0.05) is 24.8 Å². The van der Waals surface area contributed by atoms with Crippen molar-refractivity contribution in [2.24, 2.45) is 5.73 Å². The fourth-order valence-electron chi connectivity index (χ4n) is 1.13. The molecule has 0 bridgehead atoms. The Morgan fingerprint density at radius 1 is 1.27 bits per heavy atom. The van der Waals surface area contributed by atoms with Crippen molar-refractivity contribution in [2.75, 3.05) is 0 Å². The minimum absolute atomic E-state index is 0.280. The summed E-state index contributed by atoms with van der Waals surface area (Å²) in [5.74, 6) is -0.966. The highest BCUT2D eigenvalue weighted by Gasteiger charge is 2.34. The topological polar surface area (TPSA) is 43.1 Å². The molecule has 0 atom stereocenters. The van der Waals surface area contributed by atoms with Crippen LogP contribution >= 0.6 is 0 Å². The van der Waals surface area contributed by atoms with Gasteiger partial charge in [-0.05, 0) is 11.6 Å². The average Bonchev–Trinajstić information content (AvgIpc) is 2.15. The van der Waals surface area contributed by atoms with Crippen molar-refractivity contribution in [3.8, 4) is 0 Å². The molecule has 0 aliphatic heterocycles. The molecule has 0 aliphatic rings. The molecule has 2 N–H and O–H groups in total. The second-order valence-corrected chi connectivity index (χ2v) is 2.89. The molecule has 0 aliphatic carbocycles. The highest BCUT2D eigenvalue weighted by atomic mass is 19.4. The lowest BCUT2D eigenvalue weighted by molar-refractivity contribution is -0.137. The number of rotatable bonds is 2. The van der Waals surface area contributed by atoms with E-state index in [1.165, 1.54) is 12.1 Å². The number of carbonyl (C=O) groups excluding carboxylic acids is 1. The molecule has 0 unspecified atom stereocenters. The lowest BCUT2D eigenvalue weighted by Crippen LogP contribution is -2.16. The number of nitrogens with two attached hydrogens (primary N) is 1. The maximum Gasteiger partial charge on any atom is 0.417 e. The Morgan fingerprint density at radius 3 is 2.27 bits per heavy atom. The summed E-state index contributed by atoms with van der Waals surface area (Å²) in [6.45, 7) is 3.22. The van der Waals surface area contributed by atoms with Crippen molar-refractivity contribution in [1.82, 2.24) is 0 Å². The van der Waals surface area contributed by atoms with Crippen molar-refractivity contribution in [3.05, 3.63) is 42.0 Å². The van der Waals surface area contributed by atoms with Crippen LogP contribution in [0.1, 0.15) is 11.1 Å². The van der Waals surface area contributed by atoms with Gasteiger partial charge in [0.05, 0.1) is 5.56 Å². The Balaban J connectivity index is 3.31. The molecular formula is C10H8F3NO. The molecule has 0 spiro atoms. The van der Waals surface area contributed by atoms with Gasteiger partial charge in [0.15, 0.2) is 0 Å². The van der Waals surface area contributed by atoms with Gasteiger partial charge in [-0.2, -0.15) is 13.2 Å². The molecule has 1 aromatic carbocycles. The summed E-state index contributed by atoms with van der Waals surface area (Å²) in [5, 5.41) is 0. The molecule has 0 aromatic heterocycles. The molecular weight excluding hydrogens is 207 g/mol. The van der Waals surface area contributed by atoms with Crippen LogP contribution < -0.4 is 5.73 Å². The largest absolute Gasteiger partial charge is 0.417 e. The minimum Gasteiger partial charge on any atom is -0.366 e. The molecule has 0 fully saturated rings. The zero-order valence-electron chi connectivity index (χ0n) is 7.64. The van der Waals surface area contributed by atoms with Crippen LogP contribution in [0.5, 0.6) is 0 Å². The first-order chi connectivity index (χ1) is 6.84. The van der Waals surface area contributed by atoms with E-state index in [1.807, 2.05) is 0 Å². The molecule has 5 heteroatoms. The monoisotopic (exact) mass is 215 g/mol. The molecule has 0 heterocycles. The van der Waals surface area contributed by atoms with Gasteiger partial charge in [0, 0.05) is 5.57 Å². The number of benzene rings is 1. The summed E-state index contributed by atoms with van der Waals surface area (Å²) in [6.07, 6.45) is -4.52. The van der Waals surface area contributed by atoms with Crippen molar-refractivity contribution in [2.45, 2.75) is 6.18 Å². The standard InChI is InChI=1S/C10H8F3NO/c1-6(9(14)15)7-4-2-3-5-8(7)10(11,12)13/h2-5H,1H2,(H2,14,15). The predicted octanol–water partition coefficient (Wildman–Crippen LogP) is 2.20. The van der Waals surface area contributed by atoms with Crippen LogP contribution in [0.2, 0.25) is 0 Å². The summed E-state index contributed by atoms with van der Waals surface area (Å²) in [4.78, 5) is 10.7. The summed E-state index contributed by atoms with van der Waals surface area (Å²) < 4.78 is 37.4. The molecule has 2 nitrogen and oxygen atoms in total. The minimum atomic E-state index is -4.52. The summed E-state index contributed by atoms with van der Waals surface area (Å²) in [7, 11) is 0. The van der Waals surface area contributed by atoms with Gasteiger partial charge in [0.1, 0.15) is 0 Å². The van der Waals surface area contributed by atoms with Gasteiger partial charge in [0.25, 0.3) is 0 Å². The fraction of sp³-hybridized carbons (Fsp3) is 0.100. The van der Waals surface area contributed by atoms with Crippen LogP contribution in [-0.2, 0) is 11.0 Å². The van der Waals surface area contributed by atoms with Gasteiger partial charge >= 0.3 is 6.18 Å². The second-order valence-electron chi connectivity index (χ2n) is 2.89. The van der Waals surface area contributed by atoms with E-state index in [2.05, 4.69) is 6.58 Å². The van der Waals surface area contributed by atoms with Crippen LogP contribution in [-0.4, -0.2) is 5.91 Å². The Bertz CT molecular complexity index is 409. The highest BCUT2D eigenvalue weighted by Crippen LogP contribution is 2.34. The number of carbonyl (C=O) groups is 1. The van der Waals surface area contributed by atoms with Gasteiger partial charge in [-0.15, -0.1) is 0 Å². The quantitative estimate of drug-likeness (QED) is 0.755.